The Morgan fingerprint density at radius 3 is 2.85 bits per heavy atom. The molecule has 0 radical (unpaired) electrons. The van der Waals surface area contributed by atoms with Crippen LogP contribution in [0.3, 0.4) is 0 Å². The van der Waals surface area contributed by atoms with E-state index < -0.39 is 0 Å². The van der Waals surface area contributed by atoms with Crippen LogP contribution in [-0.4, -0.2) is 17.4 Å². The molecule has 5 heteroatoms. The number of aryl methyl sites for hydroxylation is 2. The molecule has 2 heterocycles. The fraction of sp³-hybridized carbons (Fsp3) is 0.467. The predicted octanol–water partition coefficient (Wildman–Crippen LogP) is 3.27. The first-order valence-electron chi connectivity index (χ1n) is 6.88. The summed E-state index contributed by atoms with van der Waals surface area (Å²) >= 11 is 1.37. The Bertz CT molecular complexity index is 648. The zero-order chi connectivity index (χ0) is 14.9. The summed E-state index contributed by atoms with van der Waals surface area (Å²) in [6, 6.07) is 1.99. The van der Waals surface area contributed by atoms with Crippen LogP contribution in [-0.2, 0) is 0 Å². The zero-order valence-corrected chi connectivity index (χ0v) is 13.2. The minimum atomic E-state index is -0.0946. The molecule has 2 aromatic heterocycles. The Morgan fingerprint density at radius 1 is 1.50 bits per heavy atom. The number of anilines is 1. The minimum Gasteiger partial charge on any atom is -0.397 e. The van der Waals surface area contributed by atoms with Crippen LogP contribution in [0.25, 0.3) is 10.2 Å². The van der Waals surface area contributed by atoms with E-state index in [1.165, 1.54) is 11.3 Å². The van der Waals surface area contributed by atoms with Gasteiger partial charge in [0.2, 0.25) is 0 Å². The molecule has 4 nitrogen and oxygen atoms in total. The summed E-state index contributed by atoms with van der Waals surface area (Å²) in [5, 5.41) is 3.86. The number of amides is 1. The highest BCUT2D eigenvalue weighted by Crippen LogP contribution is 2.34. The van der Waals surface area contributed by atoms with Gasteiger partial charge in [0.15, 0.2) is 0 Å². The van der Waals surface area contributed by atoms with E-state index >= 15 is 0 Å². The normalized spacial score (nSPS) is 12.6. The van der Waals surface area contributed by atoms with Gasteiger partial charge >= 0.3 is 0 Å². The number of nitrogen functional groups attached to an aromatic ring is 1. The smallest absolute Gasteiger partial charge is 0.263 e. The van der Waals surface area contributed by atoms with Gasteiger partial charge in [-0.25, -0.2) is 4.98 Å². The van der Waals surface area contributed by atoms with E-state index in [1.807, 2.05) is 19.9 Å². The molecule has 0 bridgehead atoms. The first-order chi connectivity index (χ1) is 9.43. The number of pyridine rings is 1. The quantitative estimate of drug-likeness (QED) is 0.908. The van der Waals surface area contributed by atoms with Crippen molar-refractivity contribution in [2.24, 2.45) is 5.92 Å². The van der Waals surface area contributed by atoms with E-state index in [1.54, 1.807) is 0 Å². The van der Waals surface area contributed by atoms with E-state index in [-0.39, 0.29) is 5.91 Å². The van der Waals surface area contributed by atoms with Crippen molar-refractivity contribution in [1.29, 1.82) is 0 Å². The van der Waals surface area contributed by atoms with Gasteiger partial charge in [0, 0.05) is 17.6 Å². The molecule has 3 N–H and O–H groups in total. The molecular formula is C15H21N3OS. The highest BCUT2D eigenvalue weighted by Gasteiger charge is 2.18. The van der Waals surface area contributed by atoms with Crippen LogP contribution < -0.4 is 11.1 Å². The minimum absolute atomic E-state index is 0.0946. The molecule has 0 spiro atoms. The average Bonchev–Trinajstić information content (AvgIpc) is 2.72. The second-order valence-corrected chi connectivity index (χ2v) is 6.33. The van der Waals surface area contributed by atoms with E-state index in [0.717, 1.165) is 27.9 Å². The van der Waals surface area contributed by atoms with Gasteiger partial charge in [0.25, 0.3) is 5.91 Å². The van der Waals surface area contributed by atoms with Crippen LogP contribution in [0.15, 0.2) is 6.07 Å². The largest absolute Gasteiger partial charge is 0.397 e. The molecule has 0 saturated carbocycles. The predicted molar refractivity (Wildman–Crippen MR) is 85.3 cm³/mol. The molecule has 20 heavy (non-hydrogen) atoms. The number of nitrogens with two attached hydrogens (primary N) is 1. The number of carbonyl (C=O) groups is 1. The number of carbonyl (C=O) groups excluding carboxylic acids is 1. The summed E-state index contributed by atoms with van der Waals surface area (Å²) in [6.45, 7) is 8.85. The lowest BCUT2D eigenvalue weighted by Crippen LogP contribution is -2.27. The van der Waals surface area contributed by atoms with E-state index in [2.05, 4.69) is 24.1 Å². The van der Waals surface area contributed by atoms with Gasteiger partial charge in [0.05, 0.1) is 5.69 Å². The third-order valence-corrected chi connectivity index (χ3v) is 4.64. The first kappa shape index (κ1) is 14.8. The monoisotopic (exact) mass is 291 g/mol. The summed E-state index contributed by atoms with van der Waals surface area (Å²) in [5.74, 6) is 0.375. The van der Waals surface area contributed by atoms with Crippen molar-refractivity contribution in [2.45, 2.75) is 34.1 Å². The molecule has 0 fully saturated rings. The van der Waals surface area contributed by atoms with Crippen LogP contribution in [0.4, 0.5) is 5.69 Å². The van der Waals surface area contributed by atoms with Crippen molar-refractivity contribution >= 4 is 33.1 Å². The molecule has 0 aliphatic carbocycles. The standard InChI is InChI=1S/C15H21N3OS/c1-5-8(2)7-17-14(19)13-12(16)11-9(3)6-10(4)18-15(11)20-13/h6,8H,5,7,16H2,1-4H3,(H,17,19). The first-order valence-corrected chi connectivity index (χ1v) is 7.70. The van der Waals surface area contributed by atoms with Crippen molar-refractivity contribution in [3.8, 4) is 0 Å². The lowest BCUT2D eigenvalue weighted by Gasteiger charge is -2.09. The van der Waals surface area contributed by atoms with Crippen LogP contribution in [0.2, 0.25) is 0 Å². The number of hydrogen-bond acceptors (Lipinski definition) is 4. The van der Waals surface area contributed by atoms with E-state index in [4.69, 9.17) is 5.73 Å². The fourth-order valence-electron chi connectivity index (χ4n) is 2.13. The van der Waals surface area contributed by atoms with Gasteiger partial charge in [-0.1, -0.05) is 20.3 Å². The van der Waals surface area contributed by atoms with Gasteiger partial charge in [-0.2, -0.15) is 0 Å². The lowest BCUT2D eigenvalue weighted by molar-refractivity contribution is 0.0953. The second kappa shape index (κ2) is 5.79. The summed E-state index contributed by atoms with van der Waals surface area (Å²) in [7, 11) is 0. The number of nitrogens with zero attached hydrogens (tertiary/aromatic N) is 1. The maximum Gasteiger partial charge on any atom is 0.263 e. The van der Waals surface area contributed by atoms with Crippen LogP contribution in [0.5, 0.6) is 0 Å². The average molecular weight is 291 g/mol. The molecule has 0 aliphatic rings. The summed E-state index contributed by atoms with van der Waals surface area (Å²) in [4.78, 5) is 18.1. The van der Waals surface area contributed by atoms with Gasteiger partial charge < -0.3 is 11.1 Å². The second-order valence-electron chi connectivity index (χ2n) is 5.33. The van der Waals surface area contributed by atoms with Crippen molar-refractivity contribution in [3.05, 3.63) is 22.2 Å². The Morgan fingerprint density at radius 2 is 2.20 bits per heavy atom. The maximum absolute atomic E-state index is 12.2. The van der Waals surface area contributed by atoms with Crippen LogP contribution in [0.1, 0.15) is 41.2 Å². The number of rotatable bonds is 4. The molecule has 108 valence electrons. The molecule has 1 atom stereocenters. The summed E-state index contributed by atoms with van der Waals surface area (Å²) < 4.78 is 0. The summed E-state index contributed by atoms with van der Waals surface area (Å²) in [6.07, 6.45) is 1.04. The number of fused-ring (bicyclic) bond motifs is 1. The van der Waals surface area contributed by atoms with Crippen molar-refractivity contribution in [3.63, 3.8) is 0 Å². The molecule has 0 saturated heterocycles. The lowest BCUT2D eigenvalue weighted by atomic mass is 10.1. The van der Waals surface area contributed by atoms with Crippen molar-refractivity contribution in [2.75, 3.05) is 12.3 Å². The SMILES string of the molecule is CCC(C)CNC(=O)c1sc2nc(C)cc(C)c2c1N. The highest BCUT2D eigenvalue weighted by atomic mass is 32.1. The molecule has 1 amide bonds. The summed E-state index contributed by atoms with van der Waals surface area (Å²) in [5.41, 5.74) is 8.71. The highest BCUT2D eigenvalue weighted by molar-refractivity contribution is 7.21. The third kappa shape index (κ3) is 2.77. The molecule has 2 aromatic rings. The molecule has 1 unspecified atom stereocenters. The fourth-order valence-corrected chi connectivity index (χ4v) is 3.26. The van der Waals surface area contributed by atoms with E-state index in [0.29, 0.717) is 23.0 Å². The molecular weight excluding hydrogens is 270 g/mol. The Kier molecular flexibility index (Phi) is 4.28. The van der Waals surface area contributed by atoms with Gasteiger partial charge in [-0.05, 0) is 31.4 Å². The zero-order valence-electron chi connectivity index (χ0n) is 12.4. The van der Waals surface area contributed by atoms with Gasteiger partial charge in [-0.3, -0.25) is 4.79 Å². The van der Waals surface area contributed by atoms with Crippen molar-refractivity contribution < 1.29 is 4.79 Å². The third-order valence-electron chi connectivity index (χ3n) is 3.54. The van der Waals surface area contributed by atoms with Gasteiger partial charge in [-0.15, -0.1) is 11.3 Å². The van der Waals surface area contributed by atoms with Crippen molar-refractivity contribution in [1.82, 2.24) is 10.3 Å². The Labute approximate surface area is 123 Å². The van der Waals surface area contributed by atoms with E-state index in [9.17, 15) is 4.79 Å². The topological polar surface area (TPSA) is 68.0 Å². The van der Waals surface area contributed by atoms with Crippen LogP contribution >= 0.6 is 11.3 Å². The van der Waals surface area contributed by atoms with Gasteiger partial charge in [0.1, 0.15) is 9.71 Å². The Hall–Kier alpha value is -1.62. The number of hydrogen-bond donors (Lipinski definition) is 2. The maximum atomic E-state index is 12.2. The van der Waals surface area contributed by atoms with Crippen LogP contribution in [0, 0.1) is 19.8 Å². The molecule has 0 aromatic carbocycles. The number of aromatic nitrogens is 1. The molecule has 0 aliphatic heterocycles. The number of thiophene rings is 1. The molecule has 2 rings (SSSR count). The number of nitrogens with one attached hydrogen (secondary N) is 1. The Balaban J connectivity index is 2.33.